The normalized spacial score (nSPS) is 17.3. The molecule has 12 heteroatoms. The van der Waals surface area contributed by atoms with Gasteiger partial charge in [0.25, 0.3) is 5.91 Å². The number of ether oxygens (including phenoxy) is 2. The Labute approximate surface area is 234 Å². The summed E-state index contributed by atoms with van der Waals surface area (Å²) in [6.45, 7) is 13.6. The first kappa shape index (κ1) is 33.2. The van der Waals surface area contributed by atoms with Gasteiger partial charge < -0.3 is 30.3 Å². The van der Waals surface area contributed by atoms with Crippen LogP contribution in [0.1, 0.15) is 83.1 Å². The van der Waals surface area contributed by atoms with Crippen LogP contribution < -0.4 is 16.0 Å². The first-order valence-electron chi connectivity index (χ1n) is 13.6. The number of hydrogen-bond donors (Lipinski definition) is 3. The summed E-state index contributed by atoms with van der Waals surface area (Å²) in [6.07, 6.45) is -2.29. The van der Waals surface area contributed by atoms with Crippen molar-refractivity contribution in [3.05, 3.63) is 35.4 Å². The lowest BCUT2D eigenvalue weighted by atomic mass is 10.0. The highest BCUT2D eigenvalue weighted by Gasteiger charge is 2.32. The lowest BCUT2D eigenvalue weighted by Gasteiger charge is -2.33. The molecule has 0 aliphatic carbocycles. The first-order chi connectivity index (χ1) is 18.4. The van der Waals surface area contributed by atoms with Gasteiger partial charge >= 0.3 is 18.4 Å². The van der Waals surface area contributed by atoms with Crippen molar-refractivity contribution in [2.45, 2.75) is 96.7 Å². The van der Waals surface area contributed by atoms with E-state index in [4.69, 9.17) is 9.47 Å². The molecule has 3 N–H and O–H groups in total. The van der Waals surface area contributed by atoms with Crippen molar-refractivity contribution in [3.8, 4) is 0 Å². The van der Waals surface area contributed by atoms with E-state index < -0.39 is 34.9 Å². The van der Waals surface area contributed by atoms with Gasteiger partial charge in [-0.2, -0.15) is 13.2 Å². The fourth-order valence-corrected chi connectivity index (χ4v) is 4.15. The van der Waals surface area contributed by atoms with Crippen LogP contribution in [-0.4, -0.2) is 72.5 Å². The number of halogens is 3. The van der Waals surface area contributed by atoms with E-state index in [0.717, 1.165) is 38.1 Å². The minimum absolute atomic E-state index is 0.0124. The Bertz CT molecular complexity index is 991. The topological polar surface area (TPSA) is 109 Å². The van der Waals surface area contributed by atoms with Crippen molar-refractivity contribution in [2.75, 3.05) is 26.2 Å². The second-order valence-corrected chi connectivity index (χ2v) is 12.0. The van der Waals surface area contributed by atoms with Gasteiger partial charge in [0, 0.05) is 30.7 Å². The molecule has 2 heterocycles. The molecule has 2 saturated heterocycles. The number of nitrogens with one attached hydrogen (secondary N) is 3. The Hall–Kier alpha value is -3.02. The molecule has 0 aromatic heterocycles. The van der Waals surface area contributed by atoms with Crippen LogP contribution in [-0.2, 0) is 15.7 Å². The van der Waals surface area contributed by atoms with Gasteiger partial charge in [0.2, 0.25) is 0 Å². The molecule has 1 aromatic carbocycles. The molecule has 2 aliphatic heterocycles. The number of benzene rings is 1. The highest BCUT2D eigenvalue weighted by molar-refractivity contribution is 5.94. The number of carbonyl (C=O) groups excluding carboxylic acids is 3. The summed E-state index contributed by atoms with van der Waals surface area (Å²) in [4.78, 5) is 37.1. The van der Waals surface area contributed by atoms with Gasteiger partial charge in [-0.15, -0.1) is 0 Å². The van der Waals surface area contributed by atoms with Crippen molar-refractivity contribution in [1.82, 2.24) is 20.9 Å². The third-order valence-corrected chi connectivity index (χ3v) is 6.00. The quantitative estimate of drug-likeness (QED) is 0.465. The molecule has 9 nitrogen and oxygen atoms in total. The van der Waals surface area contributed by atoms with E-state index in [1.165, 1.54) is 17.0 Å². The number of piperidine rings is 2. The monoisotopic (exact) mass is 572 g/mol. The lowest BCUT2D eigenvalue weighted by molar-refractivity contribution is -0.137. The molecule has 1 aromatic rings. The van der Waals surface area contributed by atoms with E-state index >= 15 is 0 Å². The summed E-state index contributed by atoms with van der Waals surface area (Å²) in [5.74, 6) is -0.438. The van der Waals surface area contributed by atoms with Crippen molar-refractivity contribution >= 4 is 18.1 Å². The fraction of sp³-hybridized carbons (Fsp3) is 0.679. The van der Waals surface area contributed by atoms with Crippen molar-refractivity contribution in [3.63, 3.8) is 0 Å². The maximum Gasteiger partial charge on any atom is 0.416 e. The molecule has 2 fully saturated rings. The van der Waals surface area contributed by atoms with Gasteiger partial charge in [0.05, 0.1) is 5.56 Å². The SMILES string of the molecule is CC(C)(C)OC(=O)NC1CCN(C(=O)c2cccc(C(F)(F)F)c2)CC1.CC(C)(C)OC(=O)NC1CCNCC1. The zero-order valence-corrected chi connectivity index (χ0v) is 24.2. The lowest BCUT2D eigenvalue weighted by Crippen LogP contribution is -2.47. The van der Waals surface area contributed by atoms with Gasteiger partial charge in [-0.05, 0) is 98.5 Å². The maximum atomic E-state index is 12.8. The van der Waals surface area contributed by atoms with Gasteiger partial charge in [0.1, 0.15) is 11.2 Å². The number of likely N-dealkylation sites (tertiary alicyclic amines) is 1. The molecule has 2 aliphatic rings. The number of rotatable bonds is 3. The minimum Gasteiger partial charge on any atom is -0.444 e. The van der Waals surface area contributed by atoms with E-state index in [1.807, 2.05) is 20.8 Å². The zero-order valence-electron chi connectivity index (χ0n) is 24.2. The van der Waals surface area contributed by atoms with Gasteiger partial charge in [-0.3, -0.25) is 4.79 Å². The van der Waals surface area contributed by atoms with Crippen LogP contribution in [0.25, 0.3) is 0 Å². The summed E-state index contributed by atoms with van der Waals surface area (Å²) < 4.78 is 48.7. The molecule has 3 rings (SSSR count). The van der Waals surface area contributed by atoms with Gasteiger partial charge in [-0.25, -0.2) is 9.59 Å². The minimum atomic E-state index is -4.49. The Kier molecular flexibility index (Phi) is 11.7. The average molecular weight is 573 g/mol. The van der Waals surface area contributed by atoms with Gasteiger partial charge in [-0.1, -0.05) is 6.07 Å². The van der Waals surface area contributed by atoms with Crippen molar-refractivity contribution < 1.29 is 37.0 Å². The Balaban J connectivity index is 0.000000337. The van der Waals surface area contributed by atoms with E-state index in [1.54, 1.807) is 20.8 Å². The maximum absolute atomic E-state index is 12.8. The molecule has 0 atom stereocenters. The van der Waals surface area contributed by atoms with E-state index in [9.17, 15) is 27.6 Å². The molecule has 0 unspecified atom stereocenters. The van der Waals surface area contributed by atoms with E-state index in [2.05, 4.69) is 16.0 Å². The standard InChI is InChI=1S/C18H23F3N2O3.C10H20N2O2/c1-17(2,3)26-16(25)22-14-7-9-23(10-8-14)15(24)12-5-4-6-13(11-12)18(19,20)21;1-10(2,3)14-9(13)12-8-4-6-11-7-5-8/h4-6,11,14H,7-10H2,1-3H3,(H,22,25);8,11H,4-7H2,1-3H3,(H,12,13). The predicted molar refractivity (Wildman–Crippen MR) is 145 cm³/mol. The van der Waals surface area contributed by atoms with Crippen LogP contribution in [0, 0.1) is 0 Å². The summed E-state index contributed by atoms with van der Waals surface area (Å²) in [7, 11) is 0. The van der Waals surface area contributed by atoms with E-state index in [-0.39, 0.29) is 23.7 Å². The molecular formula is C28H43F3N4O5. The summed E-state index contributed by atoms with van der Waals surface area (Å²) >= 11 is 0. The predicted octanol–water partition coefficient (Wildman–Crippen LogP) is 5.10. The molecule has 0 bridgehead atoms. The second kappa shape index (κ2) is 14.0. The number of amides is 3. The molecule has 40 heavy (non-hydrogen) atoms. The van der Waals surface area contributed by atoms with Crippen molar-refractivity contribution in [1.29, 1.82) is 0 Å². The Morgan fingerprint density at radius 1 is 0.825 bits per heavy atom. The third kappa shape index (κ3) is 12.4. The molecule has 0 radical (unpaired) electrons. The molecule has 3 amide bonds. The number of alkyl carbamates (subject to hydrolysis) is 2. The van der Waals surface area contributed by atoms with Crippen LogP contribution in [0.3, 0.4) is 0 Å². The second-order valence-electron chi connectivity index (χ2n) is 12.0. The molecule has 0 spiro atoms. The smallest absolute Gasteiger partial charge is 0.416 e. The summed E-state index contributed by atoms with van der Waals surface area (Å²) in [5.41, 5.74) is -1.83. The highest BCUT2D eigenvalue weighted by atomic mass is 19.4. The fourth-order valence-electron chi connectivity index (χ4n) is 4.15. The van der Waals surface area contributed by atoms with Crippen LogP contribution in [0.4, 0.5) is 22.8 Å². The molecular weight excluding hydrogens is 529 g/mol. The van der Waals surface area contributed by atoms with Crippen LogP contribution in [0.2, 0.25) is 0 Å². The third-order valence-electron chi connectivity index (χ3n) is 6.00. The summed E-state index contributed by atoms with van der Waals surface area (Å²) in [6, 6.07) is 4.55. The van der Waals surface area contributed by atoms with Gasteiger partial charge in [0.15, 0.2) is 0 Å². The number of carbonyl (C=O) groups is 3. The Morgan fingerprint density at radius 3 is 1.75 bits per heavy atom. The largest absolute Gasteiger partial charge is 0.444 e. The van der Waals surface area contributed by atoms with Crippen molar-refractivity contribution in [2.24, 2.45) is 0 Å². The molecule has 0 saturated carbocycles. The summed E-state index contributed by atoms with van der Waals surface area (Å²) in [5, 5.41) is 8.87. The number of alkyl halides is 3. The first-order valence-corrected chi connectivity index (χ1v) is 13.6. The van der Waals surface area contributed by atoms with Crippen LogP contribution in [0.15, 0.2) is 24.3 Å². The zero-order chi connectivity index (χ0) is 30.1. The van der Waals surface area contributed by atoms with E-state index in [0.29, 0.717) is 25.9 Å². The van der Waals surface area contributed by atoms with Crippen LogP contribution in [0.5, 0.6) is 0 Å². The number of hydrogen-bond acceptors (Lipinski definition) is 6. The average Bonchev–Trinajstić information content (AvgIpc) is 2.82. The molecule has 226 valence electrons. The highest BCUT2D eigenvalue weighted by Crippen LogP contribution is 2.30. The number of nitrogens with zero attached hydrogens (tertiary/aromatic N) is 1. The Morgan fingerprint density at radius 2 is 1.30 bits per heavy atom. The van der Waals surface area contributed by atoms with Crippen LogP contribution >= 0.6 is 0 Å².